The smallest absolute Gasteiger partial charge is 0.00772 e. The zero-order valence-electron chi connectivity index (χ0n) is 7.56. The molecule has 0 aliphatic carbocycles. The lowest BCUT2D eigenvalue weighted by Gasteiger charge is -2.17. The molecule has 0 aromatic carbocycles. The van der Waals surface area contributed by atoms with E-state index in [4.69, 9.17) is 5.73 Å². The molecular weight excluding hydrogens is 122 g/mol. The maximum absolute atomic E-state index is 5.42. The fraction of sp³-hybridized carbons (Fsp3) is 1.00. The third-order valence-electron chi connectivity index (χ3n) is 2.48. The predicted molar refractivity (Wildman–Crippen MR) is 46.9 cm³/mol. The van der Waals surface area contributed by atoms with E-state index in [1.807, 2.05) is 0 Å². The van der Waals surface area contributed by atoms with Crippen molar-refractivity contribution >= 4 is 0 Å². The van der Waals surface area contributed by atoms with Gasteiger partial charge in [0.05, 0.1) is 0 Å². The van der Waals surface area contributed by atoms with Crippen LogP contribution in [0.1, 0.15) is 40.0 Å². The highest BCUT2D eigenvalue weighted by Gasteiger charge is 2.08. The van der Waals surface area contributed by atoms with Crippen molar-refractivity contribution in [1.29, 1.82) is 0 Å². The fourth-order valence-electron chi connectivity index (χ4n) is 1.13. The Morgan fingerprint density at radius 2 is 1.80 bits per heavy atom. The summed E-state index contributed by atoms with van der Waals surface area (Å²) in [5, 5.41) is 0. The Hall–Kier alpha value is -0.0400. The van der Waals surface area contributed by atoms with Crippen molar-refractivity contribution in [3.63, 3.8) is 0 Å². The van der Waals surface area contributed by atoms with E-state index in [1.165, 1.54) is 19.3 Å². The summed E-state index contributed by atoms with van der Waals surface area (Å²) >= 11 is 0. The highest BCUT2D eigenvalue weighted by atomic mass is 14.5. The van der Waals surface area contributed by atoms with Crippen molar-refractivity contribution in [3.05, 3.63) is 0 Å². The molecule has 0 saturated heterocycles. The van der Waals surface area contributed by atoms with Crippen LogP contribution < -0.4 is 5.73 Å². The van der Waals surface area contributed by atoms with Gasteiger partial charge in [0.25, 0.3) is 0 Å². The molecule has 0 bridgehead atoms. The molecule has 62 valence electrons. The van der Waals surface area contributed by atoms with Gasteiger partial charge in [0.1, 0.15) is 0 Å². The van der Waals surface area contributed by atoms with Crippen LogP contribution in [0.3, 0.4) is 0 Å². The van der Waals surface area contributed by atoms with E-state index >= 15 is 0 Å². The van der Waals surface area contributed by atoms with Gasteiger partial charge < -0.3 is 5.73 Å². The van der Waals surface area contributed by atoms with E-state index < -0.39 is 0 Å². The maximum Gasteiger partial charge on any atom is -0.00772 e. The van der Waals surface area contributed by atoms with Crippen LogP contribution in [0.15, 0.2) is 0 Å². The quantitative estimate of drug-likeness (QED) is 0.628. The van der Waals surface area contributed by atoms with Crippen molar-refractivity contribution in [2.75, 3.05) is 6.54 Å². The van der Waals surface area contributed by atoms with Crippen LogP contribution in [-0.4, -0.2) is 6.54 Å². The second kappa shape index (κ2) is 5.72. The average molecular weight is 143 g/mol. The van der Waals surface area contributed by atoms with Crippen molar-refractivity contribution in [3.8, 4) is 0 Å². The van der Waals surface area contributed by atoms with E-state index in [0.29, 0.717) is 0 Å². The molecule has 2 atom stereocenters. The maximum atomic E-state index is 5.42. The summed E-state index contributed by atoms with van der Waals surface area (Å²) in [7, 11) is 0. The summed E-state index contributed by atoms with van der Waals surface area (Å²) < 4.78 is 0. The normalized spacial score (nSPS) is 16.8. The first-order valence-electron chi connectivity index (χ1n) is 4.42. The molecule has 2 unspecified atom stereocenters. The summed E-state index contributed by atoms with van der Waals surface area (Å²) in [5.74, 6) is 1.72. The minimum Gasteiger partial charge on any atom is -0.330 e. The molecule has 0 heterocycles. The molecular formula is C9H21N. The topological polar surface area (TPSA) is 26.0 Å². The molecule has 0 spiro atoms. The number of rotatable bonds is 5. The summed E-state index contributed by atoms with van der Waals surface area (Å²) in [6, 6.07) is 0. The molecule has 0 amide bonds. The van der Waals surface area contributed by atoms with Gasteiger partial charge in [0.15, 0.2) is 0 Å². The Labute approximate surface area is 65.0 Å². The van der Waals surface area contributed by atoms with Crippen molar-refractivity contribution in [1.82, 2.24) is 0 Å². The lowest BCUT2D eigenvalue weighted by molar-refractivity contribution is 0.349. The van der Waals surface area contributed by atoms with Crippen molar-refractivity contribution in [2.45, 2.75) is 40.0 Å². The van der Waals surface area contributed by atoms with Crippen LogP contribution in [-0.2, 0) is 0 Å². The van der Waals surface area contributed by atoms with Crippen LogP contribution >= 0.6 is 0 Å². The molecule has 0 aromatic heterocycles. The third kappa shape index (κ3) is 3.89. The van der Waals surface area contributed by atoms with Gasteiger partial charge in [0.2, 0.25) is 0 Å². The molecule has 0 saturated carbocycles. The first-order chi connectivity index (χ1) is 4.72. The summed E-state index contributed by atoms with van der Waals surface area (Å²) in [5.41, 5.74) is 5.42. The zero-order valence-corrected chi connectivity index (χ0v) is 7.56. The SMILES string of the molecule is CCC(C)C(C)CCCN. The monoisotopic (exact) mass is 143 g/mol. The van der Waals surface area contributed by atoms with E-state index in [1.54, 1.807) is 0 Å². The summed E-state index contributed by atoms with van der Waals surface area (Å²) in [6.07, 6.45) is 3.78. The van der Waals surface area contributed by atoms with Crippen LogP contribution in [0, 0.1) is 11.8 Å². The minimum absolute atomic E-state index is 0.848. The van der Waals surface area contributed by atoms with Crippen LogP contribution in [0.25, 0.3) is 0 Å². The highest BCUT2D eigenvalue weighted by molar-refractivity contribution is 4.60. The molecule has 0 rings (SSSR count). The van der Waals surface area contributed by atoms with Gasteiger partial charge in [-0.25, -0.2) is 0 Å². The second-order valence-electron chi connectivity index (χ2n) is 3.29. The fourth-order valence-corrected chi connectivity index (χ4v) is 1.13. The Bertz CT molecular complexity index is 71.1. The van der Waals surface area contributed by atoms with Crippen LogP contribution in [0.2, 0.25) is 0 Å². The van der Waals surface area contributed by atoms with E-state index in [-0.39, 0.29) is 0 Å². The lowest BCUT2D eigenvalue weighted by atomic mass is 9.90. The predicted octanol–water partition coefficient (Wildman–Crippen LogP) is 2.41. The third-order valence-corrected chi connectivity index (χ3v) is 2.48. The molecule has 0 aliphatic heterocycles. The van der Waals surface area contributed by atoms with Crippen molar-refractivity contribution < 1.29 is 0 Å². The molecule has 0 aliphatic rings. The van der Waals surface area contributed by atoms with Crippen molar-refractivity contribution in [2.24, 2.45) is 17.6 Å². The molecule has 0 aromatic rings. The Morgan fingerprint density at radius 1 is 1.20 bits per heavy atom. The van der Waals surface area contributed by atoms with E-state index in [0.717, 1.165) is 18.4 Å². The highest BCUT2D eigenvalue weighted by Crippen LogP contribution is 2.18. The van der Waals surface area contributed by atoms with Crippen LogP contribution in [0.4, 0.5) is 0 Å². The molecule has 0 radical (unpaired) electrons. The first-order valence-corrected chi connectivity index (χ1v) is 4.42. The largest absolute Gasteiger partial charge is 0.330 e. The van der Waals surface area contributed by atoms with Gasteiger partial charge >= 0.3 is 0 Å². The molecule has 0 fully saturated rings. The van der Waals surface area contributed by atoms with E-state index in [2.05, 4.69) is 20.8 Å². The van der Waals surface area contributed by atoms with Gasteiger partial charge in [-0.3, -0.25) is 0 Å². The minimum atomic E-state index is 0.848. The van der Waals surface area contributed by atoms with E-state index in [9.17, 15) is 0 Å². The molecule has 1 heteroatoms. The van der Waals surface area contributed by atoms with Gasteiger partial charge in [-0.05, 0) is 31.2 Å². The van der Waals surface area contributed by atoms with Gasteiger partial charge in [-0.15, -0.1) is 0 Å². The zero-order chi connectivity index (χ0) is 7.98. The van der Waals surface area contributed by atoms with Gasteiger partial charge in [-0.1, -0.05) is 27.2 Å². The summed E-state index contributed by atoms with van der Waals surface area (Å²) in [4.78, 5) is 0. The van der Waals surface area contributed by atoms with Gasteiger partial charge in [0, 0.05) is 0 Å². The number of hydrogen-bond acceptors (Lipinski definition) is 1. The number of hydrogen-bond donors (Lipinski definition) is 1. The second-order valence-corrected chi connectivity index (χ2v) is 3.29. The Balaban J connectivity index is 3.31. The summed E-state index contributed by atoms with van der Waals surface area (Å²) in [6.45, 7) is 7.75. The Kier molecular flexibility index (Phi) is 5.70. The standard InChI is InChI=1S/C9H21N/c1-4-8(2)9(3)6-5-7-10/h8-9H,4-7,10H2,1-3H3. The molecule has 2 N–H and O–H groups in total. The molecule has 10 heavy (non-hydrogen) atoms. The molecule has 1 nitrogen and oxygen atoms in total. The van der Waals surface area contributed by atoms with Gasteiger partial charge in [-0.2, -0.15) is 0 Å². The Morgan fingerprint density at radius 3 is 2.20 bits per heavy atom. The first kappa shape index (κ1) is 9.96. The average Bonchev–Trinajstić information content (AvgIpc) is 1.98. The lowest BCUT2D eigenvalue weighted by Crippen LogP contribution is -2.09. The van der Waals surface area contributed by atoms with Crippen LogP contribution in [0.5, 0.6) is 0 Å². The number of nitrogens with two attached hydrogens (primary N) is 1.